The van der Waals surface area contributed by atoms with Crippen LogP contribution in [0.2, 0.25) is 0 Å². The molecule has 12 nitrogen and oxygen atoms in total. The van der Waals surface area contributed by atoms with Crippen molar-refractivity contribution >= 4 is 45.5 Å². The Bertz CT molecular complexity index is 4010. The third-order valence-electron chi connectivity index (χ3n) is 21.5. The first kappa shape index (κ1) is 101. The number of unbranched alkanes of at least 4 members (excludes halogenated alkanes) is 36. The average molecular weight is 1620 g/mol. The maximum absolute atomic E-state index is 6.19. The largest absolute Gasteiger partial charge is 0.493 e. The number of aryl methyl sites for hydroxylation is 7. The van der Waals surface area contributed by atoms with Crippen LogP contribution in [0.25, 0.3) is 0 Å². The van der Waals surface area contributed by atoms with Crippen LogP contribution in [0.3, 0.4) is 0 Å². The number of azo groups is 4. The Morgan fingerprint density at radius 3 is 0.571 bits per heavy atom. The zero-order chi connectivity index (χ0) is 85.4. The number of rotatable bonds is 56. The molecule has 0 amide bonds. The van der Waals surface area contributed by atoms with Crippen LogP contribution in [-0.2, 0) is 5.41 Å². The van der Waals surface area contributed by atoms with Crippen LogP contribution < -0.4 is 18.9 Å². The first-order chi connectivity index (χ1) is 58.0. The van der Waals surface area contributed by atoms with Gasteiger partial charge in [-0.15, -0.1) is 0 Å². The van der Waals surface area contributed by atoms with Gasteiger partial charge in [0.05, 0.1) is 71.9 Å². The highest BCUT2D eigenvalue weighted by atomic mass is 16.5. The summed E-state index contributed by atoms with van der Waals surface area (Å²) in [6.07, 6.45) is 54.0. The Kier molecular flexibility index (Phi) is 54.5. The van der Waals surface area contributed by atoms with Crippen molar-refractivity contribution in [2.45, 2.75) is 359 Å². The van der Waals surface area contributed by atoms with E-state index in [4.69, 9.17) is 18.9 Å². The lowest BCUT2D eigenvalue weighted by atomic mass is 9.86. The summed E-state index contributed by atoms with van der Waals surface area (Å²) >= 11 is 0. The first-order valence-corrected chi connectivity index (χ1v) is 46.9. The Morgan fingerprint density at radius 1 is 0.193 bits per heavy atom. The predicted molar refractivity (Wildman–Crippen MR) is 509 cm³/mol. The van der Waals surface area contributed by atoms with Gasteiger partial charge in [-0.25, -0.2) is 0 Å². The lowest BCUT2D eigenvalue weighted by molar-refractivity contribution is 0.296. The summed E-state index contributed by atoms with van der Waals surface area (Å²) in [4.78, 5) is 0. The van der Waals surface area contributed by atoms with Crippen molar-refractivity contribution in [2.75, 3.05) is 26.4 Å². The molecule has 650 valence electrons. The second-order valence-electron chi connectivity index (χ2n) is 34.0. The minimum atomic E-state index is -0.0114. The van der Waals surface area contributed by atoms with E-state index in [1.165, 1.54) is 259 Å². The second kappa shape index (κ2) is 64.3. The molecule has 8 rings (SSSR count). The van der Waals surface area contributed by atoms with Crippen LogP contribution in [0.5, 0.6) is 23.0 Å². The van der Waals surface area contributed by atoms with Crippen LogP contribution in [0, 0.1) is 48.5 Å². The molecule has 0 spiro atoms. The normalized spacial score (nSPS) is 11.4. The molecule has 12 heteroatoms. The van der Waals surface area contributed by atoms with Crippen LogP contribution in [0.15, 0.2) is 211 Å². The fourth-order valence-electron chi connectivity index (χ4n) is 13.9. The highest BCUT2D eigenvalue weighted by molar-refractivity contribution is 5.52. The topological polar surface area (TPSA) is 136 Å². The average Bonchev–Trinajstić information content (AvgIpc) is 0.818. The smallest absolute Gasteiger partial charge is 0.123 e. The number of nitrogens with zero attached hydrogens (tertiary/aromatic N) is 8. The van der Waals surface area contributed by atoms with Gasteiger partial charge in [-0.05, 0) is 218 Å². The van der Waals surface area contributed by atoms with Gasteiger partial charge in [0.1, 0.15) is 23.0 Å². The monoisotopic (exact) mass is 1620 g/mol. The number of hydrogen-bond donors (Lipinski definition) is 0. The summed E-state index contributed by atoms with van der Waals surface area (Å²) in [6, 6.07) is 56.4. The van der Waals surface area contributed by atoms with E-state index in [1.807, 2.05) is 140 Å². The molecule has 0 N–H and O–H groups in total. The van der Waals surface area contributed by atoms with Gasteiger partial charge in [0, 0.05) is 5.56 Å². The molecule has 8 aromatic rings. The molecule has 0 aliphatic heterocycles. The highest BCUT2D eigenvalue weighted by Gasteiger charge is 2.20. The lowest BCUT2D eigenvalue weighted by Gasteiger charge is -2.23. The molecule has 0 unspecified atom stereocenters. The van der Waals surface area contributed by atoms with Gasteiger partial charge >= 0.3 is 0 Å². The van der Waals surface area contributed by atoms with E-state index in [2.05, 4.69) is 167 Å². The van der Waals surface area contributed by atoms with Crippen molar-refractivity contribution in [3.63, 3.8) is 0 Å². The summed E-state index contributed by atoms with van der Waals surface area (Å²) in [6.45, 7) is 33.3. The maximum Gasteiger partial charge on any atom is 0.123 e. The molecule has 119 heavy (non-hydrogen) atoms. The van der Waals surface area contributed by atoms with Gasteiger partial charge in [-0.1, -0.05) is 350 Å². The molecule has 0 heterocycles. The first-order valence-electron chi connectivity index (χ1n) is 46.9. The Labute approximate surface area is 724 Å². The number of hydrogen-bond acceptors (Lipinski definition) is 12. The van der Waals surface area contributed by atoms with Gasteiger partial charge in [0.2, 0.25) is 0 Å². The van der Waals surface area contributed by atoms with Crippen molar-refractivity contribution in [3.8, 4) is 23.0 Å². The maximum atomic E-state index is 6.19. The summed E-state index contributed by atoms with van der Waals surface area (Å²) < 4.78 is 24.0. The zero-order valence-corrected chi connectivity index (χ0v) is 77.0. The molecule has 0 radical (unpaired) electrons. The predicted octanol–water partition coefficient (Wildman–Crippen LogP) is 37.1. The van der Waals surface area contributed by atoms with E-state index in [-0.39, 0.29) is 5.41 Å². The van der Waals surface area contributed by atoms with Crippen molar-refractivity contribution in [2.24, 2.45) is 40.9 Å². The Balaban J connectivity index is 0.000000285. The van der Waals surface area contributed by atoms with Crippen molar-refractivity contribution < 1.29 is 18.9 Å². The van der Waals surface area contributed by atoms with Gasteiger partial charge in [0.25, 0.3) is 0 Å². The van der Waals surface area contributed by atoms with E-state index in [0.29, 0.717) is 0 Å². The van der Waals surface area contributed by atoms with Crippen LogP contribution in [-0.4, -0.2) is 26.4 Å². The molecule has 0 atom stereocenters. The Morgan fingerprint density at radius 2 is 0.361 bits per heavy atom. The van der Waals surface area contributed by atoms with Gasteiger partial charge in [-0.3, -0.25) is 0 Å². The summed E-state index contributed by atoms with van der Waals surface area (Å²) in [5.74, 6) is 3.83. The van der Waals surface area contributed by atoms with E-state index in [1.54, 1.807) is 0 Å². The quantitative estimate of drug-likeness (QED) is 0.0277. The van der Waals surface area contributed by atoms with Crippen molar-refractivity contribution in [1.29, 1.82) is 0 Å². The fourth-order valence-corrected chi connectivity index (χ4v) is 13.9. The third kappa shape index (κ3) is 48.4. The van der Waals surface area contributed by atoms with Gasteiger partial charge in [0.15, 0.2) is 0 Å². The third-order valence-corrected chi connectivity index (χ3v) is 21.5. The zero-order valence-electron chi connectivity index (χ0n) is 77.0. The van der Waals surface area contributed by atoms with E-state index >= 15 is 0 Å². The standard InChI is InChI=1S/C32H50N2O.C29H44N2O.C26H38N2O.C20H26N2O/c1-4-5-6-7-8-9-10-11-12-13-14-15-16-17-18-19-26-35-32-25-24-31(27-29(32)3)34-33-30-22-20-28(2)21-23-30;1-6-7-8-9-10-11-12-13-14-15-22-32-28-21-20-26(23-27(28)29(3,4)5)31-30-25-18-16-24(2)17-19-25;1-4-5-6-7-8-9-10-11-12-13-20-29-26-19-18-25(21-23(26)3)28-27-24-16-14-22(2)15-17-24;1-4-5-6-7-14-23-20-13-12-19(15-17(20)3)22-21-18-10-8-16(2)9-11-18/h20-25,27H,4-19,26H2,1-3H3;16-21,23H,6-15,22H2,1-5H3;14-19,21H,4-13,20H2,1-3H3;8-13,15H,4-7,14H2,1-3H3. The van der Waals surface area contributed by atoms with Crippen LogP contribution in [0.1, 0.15) is 350 Å². The second-order valence-corrected chi connectivity index (χ2v) is 34.0. The molecular weight excluding hydrogens is 1460 g/mol. The molecule has 0 aromatic heterocycles. The lowest BCUT2D eigenvalue weighted by Crippen LogP contribution is -2.13. The van der Waals surface area contributed by atoms with Crippen LogP contribution >= 0.6 is 0 Å². The van der Waals surface area contributed by atoms with Gasteiger partial charge in [-0.2, -0.15) is 40.9 Å². The molecule has 0 aliphatic rings. The highest BCUT2D eigenvalue weighted by Crippen LogP contribution is 2.36. The molecule has 8 aromatic carbocycles. The molecule has 0 aliphatic carbocycles. The SMILES string of the molecule is CCCCCCCCCCCCCCCCCCOc1ccc(N=Nc2ccc(C)cc2)cc1C.CCCCCCCCCCCCOc1ccc(N=Nc2ccc(C)cc2)cc1C.CCCCCCCCCCCCOc1ccc(N=Nc2ccc(C)cc2)cc1C(C)(C)C.CCCCCCOc1ccc(N=Nc2ccc(C)cc2)cc1C. The summed E-state index contributed by atoms with van der Waals surface area (Å²) in [7, 11) is 0. The molecular formula is C107H158N8O4. The molecule has 0 saturated heterocycles. The van der Waals surface area contributed by atoms with Gasteiger partial charge < -0.3 is 18.9 Å². The molecule has 0 fully saturated rings. The van der Waals surface area contributed by atoms with E-state index < -0.39 is 0 Å². The van der Waals surface area contributed by atoms with Crippen molar-refractivity contribution in [1.82, 2.24) is 0 Å². The molecule has 0 bridgehead atoms. The summed E-state index contributed by atoms with van der Waals surface area (Å²) in [5.41, 5.74) is 16.3. The van der Waals surface area contributed by atoms with Crippen molar-refractivity contribution in [3.05, 3.63) is 214 Å². The minimum Gasteiger partial charge on any atom is -0.493 e. The number of benzene rings is 8. The van der Waals surface area contributed by atoms with E-state index in [0.717, 1.165) is 137 Å². The molecule has 0 saturated carbocycles. The Hall–Kier alpha value is -8.64. The number of ether oxygens (including phenoxy) is 4. The minimum absolute atomic E-state index is 0.0114. The summed E-state index contributed by atoms with van der Waals surface area (Å²) in [5, 5.41) is 34.7. The fraction of sp³-hybridized carbons (Fsp3) is 0.551. The van der Waals surface area contributed by atoms with Crippen LogP contribution in [0.4, 0.5) is 45.5 Å². The van der Waals surface area contributed by atoms with E-state index in [9.17, 15) is 0 Å².